The van der Waals surface area contributed by atoms with E-state index in [0.29, 0.717) is 0 Å². The Morgan fingerprint density at radius 1 is 1.42 bits per heavy atom. The third kappa shape index (κ3) is 0.847. The van der Waals surface area contributed by atoms with Crippen LogP contribution in [0.3, 0.4) is 0 Å². The quantitative estimate of drug-likeness (QED) is 0.632. The van der Waals surface area contributed by atoms with Gasteiger partial charge < -0.3 is 9.84 Å². The Labute approximate surface area is 71.8 Å². The highest BCUT2D eigenvalue weighted by molar-refractivity contribution is 5.42. The van der Waals surface area contributed by atoms with Gasteiger partial charge in [0.1, 0.15) is 17.5 Å². The molecule has 1 aromatic rings. The van der Waals surface area contributed by atoms with Crippen LogP contribution in [0.2, 0.25) is 0 Å². The number of aliphatic hydroxyl groups is 1. The summed E-state index contributed by atoms with van der Waals surface area (Å²) in [6.07, 6.45) is -0.158. The third-order valence-corrected chi connectivity index (χ3v) is 2.53. The molecule has 0 bridgehead atoms. The minimum Gasteiger partial charge on any atom is -0.487 e. The van der Waals surface area contributed by atoms with E-state index in [1.54, 1.807) is 6.92 Å². The van der Waals surface area contributed by atoms with E-state index in [-0.39, 0.29) is 6.10 Å². The fraction of sp³-hybridized carbons (Fsp3) is 0.400. The van der Waals surface area contributed by atoms with Gasteiger partial charge in [-0.25, -0.2) is 0 Å². The molecular weight excluding hydrogens is 152 g/mol. The van der Waals surface area contributed by atoms with Crippen LogP contribution in [0.1, 0.15) is 19.4 Å². The van der Waals surface area contributed by atoms with E-state index in [0.717, 1.165) is 11.3 Å². The second kappa shape index (κ2) is 2.23. The van der Waals surface area contributed by atoms with E-state index in [9.17, 15) is 5.11 Å². The molecule has 2 atom stereocenters. The van der Waals surface area contributed by atoms with Gasteiger partial charge >= 0.3 is 0 Å². The molecule has 0 saturated heterocycles. The zero-order valence-corrected chi connectivity index (χ0v) is 7.24. The van der Waals surface area contributed by atoms with Crippen molar-refractivity contribution < 1.29 is 9.84 Å². The summed E-state index contributed by atoms with van der Waals surface area (Å²) in [5.74, 6) is 0.801. The normalized spacial score (nSPS) is 32.8. The van der Waals surface area contributed by atoms with Crippen LogP contribution < -0.4 is 4.74 Å². The Bertz CT molecular complexity index is 304. The molecule has 1 heterocycles. The summed E-state index contributed by atoms with van der Waals surface area (Å²) in [4.78, 5) is 0. The molecule has 0 fully saturated rings. The van der Waals surface area contributed by atoms with Gasteiger partial charge in [-0.05, 0) is 19.9 Å². The molecule has 64 valence electrons. The van der Waals surface area contributed by atoms with Crippen LogP contribution in [-0.4, -0.2) is 11.2 Å². The number of rotatable bonds is 0. The fourth-order valence-electron chi connectivity index (χ4n) is 1.51. The molecule has 0 amide bonds. The van der Waals surface area contributed by atoms with E-state index in [1.165, 1.54) is 0 Å². The molecule has 0 radical (unpaired) electrons. The number of hydrogen-bond acceptors (Lipinski definition) is 2. The monoisotopic (exact) mass is 164 g/mol. The molecule has 1 N–H and O–H groups in total. The van der Waals surface area contributed by atoms with Crippen molar-refractivity contribution >= 4 is 0 Å². The first kappa shape index (κ1) is 7.62. The van der Waals surface area contributed by atoms with Crippen molar-refractivity contribution in [3.8, 4) is 5.75 Å². The Morgan fingerprint density at radius 3 is 2.75 bits per heavy atom. The first-order valence-corrected chi connectivity index (χ1v) is 4.11. The molecule has 12 heavy (non-hydrogen) atoms. The SMILES string of the molecule is C[C@@H]1Oc2ccccc2[C@]1(C)O. The summed E-state index contributed by atoms with van der Waals surface area (Å²) in [6, 6.07) is 7.60. The second-order valence-electron chi connectivity index (χ2n) is 3.40. The van der Waals surface area contributed by atoms with Crippen molar-refractivity contribution in [2.45, 2.75) is 25.6 Å². The lowest BCUT2D eigenvalue weighted by Crippen LogP contribution is -2.31. The van der Waals surface area contributed by atoms with Gasteiger partial charge in [0.15, 0.2) is 0 Å². The Hall–Kier alpha value is -1.02. The molecule has 2 heteroatoms. The lowest BCUT2D eigenvalue weighted by atomic mass is 9.93. The van der Waals surface area contributed by atoms with Crippen LogP contribution in [0.4, 0.5) is 0 Å². The number of hydrogen-bond donors (Lipinski definition) is 1. The number of benzene rings is 1. The molecule has 1 aromatic carbocycles. The molecule has 0 unspecified atom stereocenters. The second-order valence-corrected chi connectivity index (χ2v) is 3.40. The lowest BCUT2D eigenvalue weighted by molar-refractivity contribution is -0.0151. The predicted molar refractivity (Wildman–Crippen MR) is 46.1 cm³/mol. The maximum absolute atomic E-state index is 9.99. The summed E-state index contributed by atoms with van der Waals surface area (Å²) in [7, 11) is 0. The van der Waals surface area contributed by atoms with Crippen LogP contribution in [0.25, 0.3) is 0 Å². The zero-order valence-electron chi connectivity index (χ0n) is 7.24. The molecule has 2 rings (SSSR count). The largest absolute Gasteiger partial charge is 0.487 e. The van der Waals surface area contributed by atoms with Crippen molar-refractivity contribution in [1.82, 2.24) is 0 Å². The summed E-state index contributed by atoms with van der Waals surface area (Å²) in [5, 5.41) is 9.99. The minimum absolute atomic E-state index is 0.158. The number of ether oxygens (including phenoxy) is 1. The fourth-order valence-corrected chi connectivity index (χ4v) is 1.51. The standard InChI is InChI=1S/C10H12O2/c1-7-10(2,11)8-5-3-4-6-9(8)12-7/h3-7,11H,1-2H3/t7-,10+/m0/s1. The maximum atomic E-state index is 9.99. The van der Waals surface area contributed by atoms with E-state index in [2.05, 4.69) is 0 Å². The average Bonchev–Trinajstić information content (AvgIpc) is 2.25. The molecule has 0 saturated carbocycles. The predicted octanol–water partition coefficient (Wildman–Crippen LogP) is 1.68. The third-order valence-electron chi connectivity index (χ3n) is 2.53. The Balaban J connectivity index is 2.55. The molecule has 1 aliphatic rings. The molecule has 0 aliphatic carbocycles. The Morgan fingerprint density at radius 2 is 2.08 bits per heavy atom. The van der Waals surface area contributed by atoms with E-state index in [4.69, 9.17) is 4.74 Å². The van der Waals surface area contributed by atoms with Crippen LogP contribution in [0.5, 0.6) is 5.75 Å². The van der Waals surface area contributed by atoms with Gasteiger partial charge in [0, 0.05) is 5.56 Å². The molecule has 2 nitrogen and oxygen atoms in total. The first-order chi connectivity index (χ1) is 5.62. The van der Waals surface area contributed by atoms with E-state index < -0.39 is 5.60 Å². The highest BCUT2D eigenvalue weighted by Gasteiger charge is 2.40. The van der Waals surface area contributed by atoms with Gasteiger partial charge in [-0.1, -0.05) is 18.2 Å². The van der Waals surface area contributed by atoms with Crippen LogP contribution in [0.15, 0.2) is 24.3 Å². The smallest absolute Gasteiger partial charge is 0.129 e. The van der Waals surface area contributed by atoms with Crippen molar-refractivity contribution in [1.29, 1.82) is 0 Å². The first-order valence-electron chi connectivity index (χ1n) is 4.11. The topological polar surface area (TPSA) is 29.5 Å². The molecule has 0 aromatic heterocycles. The molecule has 0 spiro atoms. The number of para-hydroxylation sites is 1. The van der Waals surface area contributed by atoms with E-state index in [1.807, 2.05) is 31.2 Å². The average molecular weight is 164 g/mol. The highest BCUT2D eigenvalue weighted by Crippen LogP contribution is 2.40. The highest BCUT2D eigenvalue weighted by atomic mass is 16.5. The van der Waals surface area contributed by atoms with Crippen molar-refractivity contribution in [3.05, 3.63) is 29.8 Å². The van der Waals surface area contributed by atoms with Gasteiger partial charge in [-0.3, -0.25) is 0 Å². The Kier molecular flexibility index (Phi) is 1.42. The van der Waals surface area contributed by atoms with Gasteiger partial charge in [-0.2, -0.15) is 0 Å². The summed E-state index contributed by atoms with van der Waals surface area (Å²) < 4.78 is 5.47. The molecular formula is C10H12O2. The van der Waals surface area contributed by atoms with Gasteiger partial charge in [0.05, 0.1) is 0 Å². The van der Waals surface area contributed by atoms with Crippen LogP contribution in [-0.2, 0) is 5.60 Å². The molecule has 1 aliphatic heterocycles. The van der Waals surface area contributed by atoms with Crippen LogP contribution >= 0.6 is 0 Å². The zero-order chi connectivity index (χ0) is 8.77. The van der Waals surface area contributed by atoms with Gasteiger partial charge in [-0.15, -0.1) is 0 Å². The maximum Gasteiger partial charge on any atom is 0.129 e. The van der Waals surface area contributed by atoms with Gasteiger partial charge in [0.2, 0.25) is 0 Å². The van der Waals surface area contributed by atoms with E-state index >= 15 is 0 Å². The summed E-state index contributed by atoms with van der Waals surface area (Å²) in [5.41, 5.74) is 0.0499. The lowest BCUT2D eigenvalue weighted by Gasteiger charge is -2.20. The van der Waals surface area contributed by atoms with Crippen molar-refractivity contribution in [2.75, 3.05) is 0 Å². The summed E-state index contributed by atoms with van der Waals surface area (Å²) >= 11 is 0. The van der Waals surface area contributed by atoms with Crippen molar-refractivity contribution in [3.63, 3.8) is 0 Å². The minimum atomic E-state index is -0.837. The number of fused-ring (bicyclic) bond motifs is 1. The summed E-state index contributed by atoms with van der Waals surface area (Å²) in [6.45, 7) is 3.66. The van der Waals surface area contributed by atoms with Crippen LogP contribution in [0, 0.1) is 0 Å². The van der Waals surface area contributed by atoms with Gasteiger partial charge in [0.25, 0.3) is 0 Å². The van der Waals surface area contributed by atoms with Crippen molar-refractivity contribution in [2.24, 2.45) is 0 Å².